The molecule has 2 N–H and O–H groups in total. The van der Waals surface area contributed by atoms with Gasteiger partial charge >= 0.3 is 5.97 Å². The predicted molar refractivity (Wildman–Crippen MR) is 56.6 cm³/mol. The number of carbonyl (C=O) groups is 1. The van der Waals surface area contributed by atoms with Crippen molar-refractivity contribution in [2.45, 2.75) is 6.42 Å². The number of phenolic OH excluding ortho intramolecular Hbond substituents is 1. The molecule has 2 aromatic rings. The van der Waals surface area contributed by atoms with Crippen molar-refractivity contribution >= 4 is 5.97 Å². The summed E-state index contributed by atoms with van der Waals surface area (Å²) in [5.74, 6) is -0.497. The van der Waals surface area contributed by atoms with Gasteiger partial charge in [-0.25, -0.2) is 4.79 Å². The molecule has 1 aromatic heterocycles. The van der Waals surface area contributed by atoms with E-state index in [4.69, 9.17) is 9.52 Å². The van der Waals surface area contributed by atoms with Crippen LogP contribution >= 0.6 is 0 Å². The molecule has 4 nitrogen and oxygen atoms in total. The molecule has 1 heterocycles. The van der Waals surface area contributed by atoms with E-state index >= 15 is 0 Å². The van der Waals surface area contributed by atoms with Crippen molar-refractivity contribution in [1.29, 1.82) is 0 Å². The number of furan rings is 1. The smallest absolute Gasteiger partial charge is 0.371 e. The zero-order valence-electron chi connectivity index (χ0n) is 8.38. The van der Waals surface area contributed by atoms with Crippen molar-refractivity contribution < 1.29 is 19.4 Å². The number of carboxylic acids is 1. The highest BCUT2D eigenvalue weighted by Crippen LogP contribution is 2.20. The van der Waals surface area contributed by atoms with Gasteiger partial charge in [0.05, 0.1) is 0 Å². The summed E-state index contributed by atoms with van der Waals surface area (Å²) in [4.78, 5) is 10.6. The highest BCUT2D eigenvalue weighted by Gasteiger charge is 2.10. The normalized spacial score (nSPS) is 10.2. The molecule has 2 rings (SSSR count). The molecule has 0 aliphatic heterocycles. The van der Waals surface area contributed by atoms with E-state index in [2.05, 4.69) is 0 Å². The molecule has 16 heavy (non-hydrogen) atoms. The molecule has 0 aliphatic carbocycles. The molecule has 4 heteroatoms. The van der Waals surface area contributed by atoms with Crippen LogP contribution in [0.2, 0.25) is 0 Å². The summed E-state index contributed by atoms with van der Waals surface area (Å²) in [6.07, 6.45) is 0.375. The minimum atomic E-state index is -1.09. The van der Waals surface area contributed by atoms with Crippen LogP contribution in [0.25, 0.3) is 0 Å². The predicted octanol–water partition coefficient (Wildman–Crippen LogP) is 2.27. The van der Waals surface area contributed by atoms with Gasteiger partial charge in [-0.3, -0.25) is 0 Å². The van der Waals surface area contributed by atoms with Crippen molar-refractivity contribution in [3.63, 3.8) is 0 Å². The lowest BCUT2D eigenvalue weighted by molar-refractivity contribution is 0.0660. The highest BCUT2D eigenvalue weighted by atomic mass is 16.4. The SMILES string of the molecule is O=C(O)c1ccc(Cc2ccccc2O)o1. The number of para-hydroxylation sites is 1. The van der Waals surface area contributed by atoms with Gasteiger partial charge in [0.25, 0.3) is 0 Å². The largest absolute Gasteiger partial charge is 0.508 e. The van der Waals surface area contributed by atoms with E-state index in [-0.39, 0.29) is 11.5 Å². The van der Waals surface area contributed by atoms with Crippen LogP contribution in [0.3, 0.4) is 0 Å². The first kappa shape index (κ1) is 10.3. The van der Waals surface area contributed by atoms with Gasteiger partial charge in [0.2, 0.25) is 5.76 Å². The Morgan fingerprint density at radius 2 is 1.94 bits per heavy atom. The molecular weight excluding hydrogens is 208 g/mol. The number of hydrogen-bond donors (Lipinski definition) is 2. The molecule has 0 fully saturated rings. The lowest BCUT2D eigenvalue weighted by Crippen LogP contribution is -1.92. The third-order valence-electron chi connectivity index (χ3n) is 2.23. The summed E-state index contributed by atoms with van der Waals surface area (Å²) in [5, 5.41) is 18.2. The van der Waals surface area contributed by atoms with E-state index in [1.165, 1.54) is 6.07 Å². The number of rotatable bonds is 3. The van der Waals surface area contributed by atoms with E-state index in [0.717, 1.165) is 0 Å². The number of aromatic carboxylic acids is 1. The Balaban J connectivity index is 2.21. The summed E-state index contributed by atoms with van der Waals surface area (Å²) in [5.41, 5.74) is 0.703. The summed E-state index contributed by atoms with van der Waals surface area (Å²) in [6, 6.07) is 9.86. The van der Waals surface area contributed by atoms with E-state index in [9.17, 15) is 9.90 Å². The Kier molecular flexibility index (Phi) is 2.64. The van der Waals surface area contributed by atoms with E-state index in [1.807, 2.05) is 0 Å². The van der Waals surface area contributed by atoms with Crippen molar-refractivity contribution in [2.75, 3.05) is 0 Å². The molecular formula is C12H10O4. The number of aromatic hydroxyl groups is 1. The van der Waals surface area contributed by atoms with Crippen LogP contribution in [0.4, 0.5) is 0 Å². The van der Waals surface area contributed by atoms with Gasteiger partial charge in [0.1, 0.15) is 11.5 Å². The molecule has 1 aromatic carbocycles. The monoisotopic (exact) mass is 218 g/mol. The zero-order valence-corrected chi connectivity index (χ0v) is 8.38. The first-order chi connectivity index (χ1) is 7.66. The minimum Gasteiger partial charge on any atom is -0.508 e. The fourth-order valence-electron chi connectivity index (χ4n) is 1.44. The fourth-order valence-corrected chi connectivity index (χ4v) is 1.44. The number of hydrogen-bond acceptors (Lipinski definition) is 3. The molecule has 82 valence electrons. The minimum absolute atomic E-state index is 0.0922. The molecule has 0 saturated heterocycles. The maximum atomic E-state index is 10.6. The van der Waals surface area contributed by atoms with Crippen LogP contribution in [0.5, 0.6) is 5.75 Å². The third kappa shape index (κ3) is 2.06. The van der Waals surface area contributed by atoms with E-state index in [1.54, 1.807) is 30.3 Å². The second kappa shape index (κ2) is 4.10. The second-order valence-electron chi connectivity index (χ2n) is 3.38. The molecule has 0 unspecified atom stereocenters. The first-order valence-electron chi connectivity index (χ1n) is 4.75. The van der Waals surface area contributed by atoms with E-state index in [0.29, 0.717) is 17.7 Å². The summed E-state index contributed by atoms with van der Waals surface area (Å²) < 4.78 is 5.09. The van der Waals surface area contributed by atoms with Gasteiger partial charge in [-0.1, -0.05) is 18.2 Å². The molecule has 0 amide bonds. The fraction of sp³-hybridized carbons (Fsp3) is 0.0833. The lowest BCUT2D eigenvalue weighted by Gasteiger charge is -2.00. The van der Waals surface area contributed by atoms with Gasteiger partial charge in [0, 0.05) is 12.0 Å². The summed E-state index contributed by atoms with van der Waals surface area (Å²) in [6.45, 7) is 0. The van der Waals surface area contributed by atoms with E-state index < -0.39 is 5.97 Å². The number of phenols is 1. The van der Waals surface area contributed by atoms with Crippen molar-refractivity contribution in [1.82, 2.24) is 0 Å². The summed E-state index contributed by atoms with van der Waals surface area (Å²) >= 11 is 0. The van der Waals surface area contributed by atoms with Gasteiger partial charge < -0.3 is 14.6 Å². The average Bonchev–Trinajstić information content (AvgIpc) is 2.70. The van der Waals surface area contributed by atoms with Crippen LogP contribution in [0.15, 0.2) is 40.8 Å². The van der Waals surface area contributed by atoms with Crippen LogP contribution in [-0.4, -0.2) is 16.2 Å². The second-order valence-corrected chi connectivity index (χ2v) is 3.38. The third-order valence-corrected chi connectivity index (χ3v) is 2.23. The van der Waals surface area contributed by atoms with Crippen LogP contribution in [0, 0.1) is 0 Å². The Morgan fingerprint density at radius 1 is 1.19 bits per heavy atom. The molecule has 0 atom stereocenters. The standard InChI is InChI=1S/C12H10O4/c13-10-4-2-1-3-8(10)7-9-5-6-11(16-9)12(14)15/h1-6,13H,7H2,(H,14,15). The average molecular weight is 218 g/mol. The Hall–Kier alpha value is -2.23. The Morgan fingerprint density at radius 3 is 2.56 bits per heavy atom. The maximum Gasteiger partial charge on any atom is 0.371 e. The molecule has 0 saturated carbocycles. The molecule has 0 aliphatic rings. The number of carboxylic acid groups (broad SMARTS) is 1. The molecule has 0 radical (unpaired) electrons. The van der Waals surface area contributed by atoms with Crippen LogP contribution in [-0.2, 0) is 6.42 Å². The lowest BCUT2D eigenvalue weighted by atomic mass is 10.1. The maximum absolute atomic E-state index is 10.6. The van der Waals surface area contributed by atoms with Crippen molar-refractivity contribution in [3.8, 4) is 5.75 Å². The zero-order chi connectivity index (χ0) is 11.5. The van der Waals surface area contributed by atoms with Crippen LogP contribution < -0.4 is 0 Å². The quantitative estimate of drug-likeness (QED) is 0.829. The van der Waals surface area contributed by atoms with Gasteiger partial charge in [-0.05, 0) is 18.2 Å². The highest BCUT2D eigenvalue weighted by molar-refractivity contribution is 5.84. The van der Waals surface area contributed by atoms with Gasteiger partial charge in [-0.2, -0.15) is 0 Å². The Labute approximate surface area is 91.8 Å². The Bertz CT molecular complexity index is 513. The van der Waals surface area contributed by atoms with Gasteiger partial charge in [0.15, 0.2) is 0 Å². The van der Waals surface area contributed by atoms with Crippen molar-refractivity contribution in [2.24, 2.45) is 0 Å². The number of benzene rings is 1. The molecule has 0 spiro atoms. The van der Waals surface area contributed by atoms with Crippen LogP contribution in [0.1, 0.15) is 21.9 Å². The van der Waals surface area contributed by atoms with Gasteiger partial charge in [-0.15, -0.1) is 0 Å². The molecule has 0 bridgehead atoms. The topological polar surface area (TPSA) is 70.7 Å². The first-order valence-corrected chi connectivity index (χ1v) is 4.75. The summed E-state index contributed by atoms with van der Waals surface area (Å²) in [7, 11) is 0. The van der Waals surface area contributed by atoms with Crippen molar-refractivity contribution in [3.05, 3.63) is 53.5 Å².